The molecule has 25 heavy (non-hydrogen) atoms. The van der Waals surface area contributed by atoms with Crippen molar-refractivity contribution in [2.75, 3.05) is 6.61 Å². The third-order valence-electron chi connectivity index (χ3n) is 8.34. The topological polar surface area (TPSA) is 74.6 Å². The molecule has 2 N–H and O–H groups in total. The van der Waals surface area contributed by atoms with Gasteiger partial charge < -0.3 is 10.2 Å². The molecule has 4 heteroatoms. The number of allylic oxidation sites excluding steroid dienone is 1. The first-order chi connectivity index (χ1) is 11.6. The van der Waals surface area contributed by atoms with Crippen LogP contribution in [-0.2, 0) is 9.59 Å². The van der Waals surface area contributed by atoms with Crippen LogP contribution in [0.15, 0.2) is 11.6 Å². The zero-order valence-electron chi connectivity index (χ0n) is 16.0. The van der Waals surface area contributed by atoms with Crippen molar-refractivity contribution in [1.82, 2.24) is 0 Å². The van der Waals surface area contributed by atoms with E-state index in [0.29, 0.717) is 24.7 Å². The van der Waals surface area contributed by atoms with Crippen LogP contribution in [0.3, 0.4) is 0 Å². The highest BCUT2D eigenvalue weighted by Gasteiger charge is 2.63. The molecule has 0 amide bonds. The SMILES string of the molecule is CC1CCC(C)(C)C2CC[C@@]3(CO)C(=O)CC(C(=O)O)=CCC3[C@@]12C. The van der Waals surface area contributed by atoms with Crippen molar-refractivity contribution in [3.05, 3.63) is 11.6 Å². The Kier molecular flexibility index (Phi) is 4.42. The van der Waals surface area contributed by atoms with Crippen molar-refractivity contribution < 1.29 is 19.8 Å². The summed E-state index contributed by atoms with van der Waals surface area (Å²) in [5, 5.41) is 19.7. The number of aliphatic hydroxyl groups is 1. The first-order valence-electron chi connectivity index (χ1n) is 9.66. The Balaban J connectivity index is 2.13. The number of carbonyl (C=O) groups is 2. The van der Waals surface area contributed by atoms with Gasteiger partial charge in [-0.15, -0.1) is 0 Å². The first-order valence-corrected chi connectivity index (χ1v) is 9.66. The van der Waals surface area contributed by atoms with Gasteiger partial charge in [-0.05, 0) is 60.7 Å². The molecular weight excluding hydrogens is 316 g/mol. The number of carboxylic acids is 1. The molecule has 3 rings (SSSR count). The summed E-state index contributed by atoms with van der Waals surface area (Å²) < 4.78 is 0. The van der Waals surface area contributed by atoms with E-state index in [1.807, 2.05) is 0 Å². The summed E-state index contributed by atoms with van der Waals surface area (Å²) in [5.74, 6) is -0.0850. The summed E-state index contributed by atoms with van der Waals surface area (Å²) in [6.07, 6.45) is 6.25. The molecule has 3 aliphatic carbocycles. The number of carboxylic acid groups (broad SMARTS) is 1. The van der Waals surface area contributed by atoms with Crippen LogP contribution in [-0.4, -0.2) is 28.6 Å². The molecule has 2 saturated carbocycles. The number of rotatable bonds is 2. The van der Waals surface area contributed by atoms with E-state index in [-0.39, 0.29) is 41.1 Å². The summed E-state index contributed by atoms with van der Waals surface area (Å²) in [6.45, 7) is 9.11. The Morgan fingerprint density at radius 2 is 1.88 bits per heavy atom. The monoisotopic (exact) mass is 348 g/mol. The van der Waals surface area contributed by atoms with E-state index in [1.54, 1.807) is 6.08 Å². The molecule has 2 fully saturated rings. The van der Waals surface area contributed by atoms with Crippen LogP contribution in [0.25, 0.3) is 0 Å². The predicted octanol–water partition coefficient (Wildman–Crippen LogP) is 3.83. The minimum atomic E-state index is -1.00. The number of aliphatic carboxylic acids is 1. The summed E-state index contributed by atoms with van der Waals surface area (Å²) in [7, 11) is 0. The predicted molar refractivity (Wildman–Crippen MR) is 96.0 cm³/mol. The molecule has 3 aliphatic rings. The smallest absolute Gasteiger partial charge is 0.331 e. The lowest BCUT2D eigenvalue weighted by Gasteiger charge is -2.64. The van der Waals surface area contributed by atoms with Crippen molar-refractivity contribution in [2.24, 2.45) is 34.0 Å². The number of carbonyl (C=O) groups excluding carboxylic acids is 1. The Bertz CT molecular complexity index is 619. The van der Waals surface area contributed by atoms with E-state index in [0.717, 1.165) is 12.8 Å². The second-order valence-corrected chi connectivity index (χ2v) is 9.62. The minimum absolute atomic E-state index is 0.0164. The van der Waals surface area contributed by atoms with Gasteiger partial charge in [-0.2, -0.15) is 0 Å². The highest BCUT2D eigenvalue weighted by Crippen LogP contribution is 2.67. The average molecular weight is 348 g/mol. The Morgan fingerprint density at radius 1 is 1.20 bits per heavy atom. The molecule has 0 bridgehead atoms. The maximum absolute atomic E-state index is 13.1. The van der Waals surface area contributed by atoms with Gasteiger partial charge in [-0.25, -0.2) is 4.79 Å². The number of hydrogen-bond acceptors (Lipinski definition) is 3. The van der Waals surface area contributed by atoms with Crippen molar-refractivity contribution >= 4 is 11.8 Å². The van der Waals surface area contributed by atoms with Crippen LogP contribution >= 0.6 is 0 Å². The van der Waals surface area contributed by atoms with Gasteiger partial charge in [0.05, 0.1) is 12.0 Å². The molecule has 5 atom stereocenters. The second-order valence-electron chi connectivity index (χ2n) is 9.62. The minimum Gasteiger partial charge on any atom is -0.478 e. The fourth-order valence-corrected chi connectivity index (χ4v) is 6.65. The number of aliphatic hydroxyl groups excluding tert-OH is 1. The Hall–Kier alpha value is -1.16. The first kappa shape index (κ1) is 18.6. The van der Waals surface area contributed by atoms with Gasteiger partial charge in [-0.3, -0.25) is 4.79 Å². The lowest BCUT2D eigenvalue weighted by Crippen LogP contribution is -2.61. The largest absolute Gasteiger partial charge is 0.478 e. The summed E-state index contributed by atoms with van der Waals surface area (Å²) >= 11 is 0. The zero-order valence-corrected chi connectivity index (χ0v) is 16.0. The maximum Gasteiger partial charge on any atom is 0.331 e. The quantitative estimate of drug-likeness (QED) is 0.795. The second kappa shape index (κ2) is 5.94. The van der Waals surface area contributed by atoms with Crippen molar-refractivity contribution in [1.29, 1.82) is 0 Å². The maximum atomic E-state index is 13.1. The average Bonchev–Trinajstić information content (AvgIpc) is 2.70. The van der Waals surface area contributed by atoms with Gasteiger partial charge >= 0.3 is 5.97 Å². The third-order valence-corrected chi connectivity index (χ3v) is 8.34. The van der Waals surface area contributed by atoms with Crippen LogP contribution in [0.5, 0.6) is 0 Å². The van der Waals surface area contributed by atoms with E-state index in [9.17, 15) is 19.8 Å². The van der Waals surface area contributed by atoms with Crippen molar-refractivity contribution in [3.63, 3.8) is 0 Å². The summed E-state index contributed by atoms with van der Waals surface area (Å²) in [5.41, 5.74) is -0.406. The van der Waals surface area contributed by atoms with E-state index in [4.69, 9.17) is 0 Å². The molecule has 0 heterocycles. The third kappa shape index (κ3) is 2.51. The Labute approximate surface area is 150 Å². The number of ketones is 1. The Morgan fingerprint density at radius 3 is 2.48 bits per heavy atom. The van der Waals surface area contributed by atoms with Crippen LogP contribution < -0.4 is 0 Å². The van der Waals surface area contributed by atoms with E-state index >= 15 is 0 Å². The summed E-state index contributed by atoms with van der Waals surface area (Å²) in [6, 6.07) is 0. The van der Waals surface area contributed by atoms with Crippen LogP contribution in [0.2, 0.25) is 0 Å². The molecule has 0 aliphatic heterocycles. The normalized spacial score (nSPS) is 43.5. The van der Waals surface area contributed by atoms with Crippen molar-refractivity contribution in [2.45, 2.75) is 66.2 Å². The molecule has 0 aromatic heterocycles. The van der Waals surface area contributed by atoms with E-state index < -0.39 is 11.4 Å². The van der Waals surface area contributed by atoms with Gasteiger partial charge in [0.1, 0.15) is 5.78 Å². The molecule has 0 spiro atoms. The number of fused-ring (bicyclic) bond motifs is 3. The molecule has 0 radical (unpaired) electrons. The van der Waals surface area contributed by atoms with Gasteiger partial charge in [0.25, 0.3) is 0 Å². The molecule has 0 aromatic rings. The number of hydrogen-bond donors (Lipinski definition) is 2. The lowest BCUT2D eigenvalue weighted by atomic mass is 9.40. The molecule has 4 nitrogen and oxygen atoms in total. The van der Waals surface area contributed by atoms with Gasteiger partial charge in [0.15, 0.2) is 0 Å². The lowest BCUT2D eigenvalue weighted by molar-refractivity contribution is -0.180. The highest BCUT2D eigenvalue weighted by atomic mass is 16.4. The molecule has 0 saturated heterocycles. The summed E-state index contributed by atoms with van der Waals surface area (Å²) in [4.78, 5) is 24.6. The van der Waals surface area contributed by atoms with Gasteiger partial charge in [-0.1, -0.05) is 33.8 Å². The van der Waals surface area contributed by atoms with Crippen LogP contribution in [0.4, 0.5) is 0 Å². The molecule has 140 valence electrons. The van der Waals surface area contributed by atoms with Gasteiger partial charge in [0, 0.05) is 12.0 Å². The van der Waals surface area contributed by atoms with Crippen LogP contribution in [0, 0.1) is 34.0 Å². The fourth-order valence-electron chi connectivity index (χ4n) is 6.65. The van der Waals surface area contributed by atoms with Crippen molar-refractivity contribution in [3.8, 4) is 0 Å². The number of Topliss-reactive ketones (excluding diaryl/α,β-unsaturated/α-hetero) is 1. The molecule has 0 aromatic carbocycles. The molecular formula is C21H32O4. The fraction of sp³-hybridized carbons (Fsp3) is 0.810. The van der Waals surface area contributed by atoms with E-state index in [1.165, 1.54) is 6.42 Å². The molecule has 3 unspecified atom stereocenters. The van der Waals surface area contributed by atoms with Crippen LogP contribution in [0.1, 0.15) is 66.2 Å². The highest BCUT2D eigenvalue weighted by molar-refractivity contribution is 5.97. The standard InChI is InChI=1S/C21H32O4/c1-13-7-9-19(2,3)15-8-10-21(12-22)16(20(13,15)4)6-5-14(18(24)25)11-17(21)23/h5,13,15-16,22H,6-12H2,1-4H3,(H,24,25)/t13?,15?,16?,20-,21-/m0/s1. The van der Waals surface area contributed by atoms with Gasteiger partial charge in [0.2, 0.25) is 0 Å². The zero-order chi connectivity index (χ0) is 18.6. The van der Waals surface area contributed by atoms with E-state index in [2.05, 4.69) is 27.7 Å².